The molecule has 4 nitrogen and oxygen atoms in total. The van der Waals surface area contributed by atoms with Gasteiger partial charge in [-0.1, -0.05) is 18.2 Å². The zero-order valence-electron chi connectivity index (χ0n) is 11.8. The molecule has 1 aromatic carbocycles. The Labute approximate surface area is 118 Å². The molecule has 1 N–H and O–H groups in total. The van der Waals surface area contributed by atoms with Gasteiger partial charge < -0.3 is 10.2 Å². The van der Waals surface area contributed by atoms with Gasteiger partial charge in [0.2, 0.25) is 0 Å². The lowest BCUT2D eigenvalue weighted by molar-refractivity contribution is 0.0618. The Bertz CT molecular complexity index is 635. The van der Waals surface area contributed by atoms with Crippen LogP contribution in [0.25, 0.3) is 10.9 Å². The van der Waals surface area contributed by atoms with Crippen molar-refractivity contribution < 1.29 is 4.79 Å². The molecule has 1 amide bonds. The highest BCUT2D eigenvalue weighted by atomic mass is 16.2. The standard InChI is InChI=1S/C16H19N3O/c1-11-10-19(12(2)9-18-11)16(20)14-7-8-17-15-6-4-3-5-13(14)15/h3-8,11-12,18H,9-10H2,1-2H3. The molecule has 20 heavy (non-hydrogen) atoms. The number of benzene rings is 1. The van der Waals surface area contributed by atoms with E-state index in [9.17, 15) is 4.79 Å². The number of aromatic nitrogens is 1. The number of amides is 1. The van der Waals surface area contributed by atoms with Crippen LogP contribution >= 0.6 is 0 Å². The van der Waals surface area contributed by atoms with E-state index in [1.807, 2.05) is 35.2 Å². The zero-order valence-corrected chi connectivity index (χ0v) is 11.8. The zero-order chi connectivity index (χ0) is 14.1. The number of carbonyl (C=O) groups excluding carboxylic acids is 1. The number of hydrogen-bond acceptors (Lipinski definition) is 3. The van der Waals surface area contributed by atoms with Crippen LogP contribution < -0.4 is 5.32 Å². The Kier molecular flexibility index (Phi) is 3.40. The number of carbonyl (C=O) groups is 1. The fourth-order valence-electron chi connectivity index (χ4n) is 2.74. The molecule has 0 aliphatic carbocycles. The summed E-state index contributed by atoms with van der Waals surface area (Å²) in [6.45, 7) is 5.78. The molecule has 0 bridgehead atoms. The summed E-state index contributed by atoms with van der Waals surface area (Å²) in [4.78, 5) is 19.1. The van der Waals surface area contributed by atoms with Crippen molar-refractivity contribution in [2.45, 2.75) is 25.9 Å². The van der Waals surface area contributed by atoms with Crippen molar-refractivity contribution in [2.24, 2.45) is 0 Å². The van der Waals surface area contributed by atoms with Gasteiger partial charge in [-0.25, -0.2) is 0 Å². The van der Waals surface area contributed by atoms with Crippen molar-refractivity contribution in [1.29, 1.82) is 0 Å². The first kappa shape index (κ1) is 13.1. The van der Waals surface area contributed by atoms with Crippen LogP contribution in [0.2, 0.25) is 0 Å². The van der Waals surface area contributed by atoms with Crippen LogP contribution in [0.5, 0.6) is 0 Å². The third-order valence-electron chi connectivity index (χ3n) is 3.90. The topological polar surface area (TPSA) is 45.2 Å². The second-order valence-electron chi connectivity index (χ2n) is 5.49. The molecular weight excluding hydrogens is 250 g/mol. The summed E-state index contributed by atoms with van der Waals surface area (Å²) in [5, 5.41) is 4.33. The monoisotopic (exact) mass is 269 g/mol. The van der Waals surface area contributed by atoms with E-state index in [0.29, 0.717) is 6.04 Å². The summed E-state index contributed by atoms with van der Waals surface area (Å²) >= 11 is 0. The summed E-state index contributed by atoms with van der Waals surface area (Å²) in [6.07, 6.45) is 1.71. The molecule has 0 spiro atoms. The maximum atomic E-state index is 12.8. The number of nitrogens with one attached hydrogen (secondary N) is 1. The molecule has 104 valence electrons. The Morgan fingerprint density at radius 1 is 1.30 bits per heavy atom. The number of piperazine rings is 1. The molecule has 3 rings (SSSR count). The summed E-state index contributed by atoms with van der Waals surface area (Å²) < 4.78 is 0. The average Bonchev–Trinajstić information content (AvgIpc) is 2.48. The minimum absolute atomic E-state index is 0.101. The molecule has 4 heteroatoms. The molecule has 2 unspecified atom stereocenters. The van der Waals surface area contributed by atoms with Gasteiger partial charge in [0.25, 0.3) is 5.91 Å². The Morgan fingerprint density at radius 2 is 2.10 bits per heavy atom. The van der Waals surface area contributed by atoms with Crippen molar-refractivity contribution in [3.05, 3.63) is 42.1 Å². The minimum Gasteiger partial charge on any atom is -0.333 e. The fourth-order valence-corrected chi connectivity index (χ4v) is 2.74. The minimum atomic E-state index is 0.101. The van der Waals surface area contributed by atoms with Crippen LogP contribution in [0.15, 0.2) is 36.5 Å². The van der Waals surface area contributed by atoms with Gasteiger partial charge >= 0.3 is 0 Å². The van der Waals surface area contributed by atoms with Crippen LogP contribution in [0, 0.1) is 0 Å². The number of rotatable bonds is 1. The van der Waals surface area contributed by atoms with Gasteiger partial charge in [0.15, 0.2) is 0 Å². The largest absolute Gasteiger partial charge is 0.333 e. The van der Waals surface area contributed by atoms with Crippen molar-refractivity contribution in [2.75, 3.05) is 13.1 Å². The first-order valence-corrected chi connectivity index (χ1v) is 7.05. The normalized spacial score (nSPS) is 23.0. The van der Waals surface area contributed by atoms with Crippen molar-refractivity contribution in [3.63, 3.8) is 0 Å². The van der Waals surface area contributed by atoms with Gasteiger partial charge in [0.1, 0.15) is 0 Å². The van der Waals surface area contributed by atoms with E-state index < -0.39 is 0 Å². The predicted octanol–water partition coefficient (Wildman–Crippen LogP) is 2.06. The van der Waals surface area contributed by atoms with Gasteiger partial charge in [-0.05, 0) is 26.0 Å². The van der Waals surface area contributed by atoms with Gasteiger partial charge in [-0.15, -0.1) is 0 Å². The van der Waals surface area contributed by atoms with E-state index in [2.05, 4.69) is 24.1 Å². The molecule has 0 radical (unpaired) electrons. The predicted molar refractivity (Wildman–Crippen MR) is 79.7 cm³/mol. The third kappa shape index (κ3) is 2.27. The molecular formula is C16H19N3O. The second kappa shape index (κ2) is 5.21. The maximum absolute atomic E-state index is 12.8. The highest BCUT2D eigenvalue weighted by molar-refractivity contribution is 6.06. The van der Waals surface area contributed by atoms with Gasteiger partial charge in [0, 0.05) is 36.8 Å². The molecule has 1 aromatic heterocycles. The van der Waals surface area contributed by atoms with Crippen molar-refractivity contribution >= 4 is 16.8 Å². The van der Waals surface area contributed by atoms with E-state index in [1.54, 1.807) is 6.20 Å². The van der Waals surface area contributed by atoms with Crippen LogP contribution in [-0.4, -0.2) is 41.0 Å². The van der Waals surface area contributed by atoms with E-state index in [4.69, 9.17) is 0 Å². The molecule has 2 atom stereocenters. The molecule has 1 aliphatic heterocycles. The average molecular weight is 269 g/mol. The van der Waals surface area contributed by atoms with Crippen LogP contribution in [0.4, 0.5) is 0 Å². The Morgan fingerprint density at radius 3 is 2.95 bits per heavy atom. The van der Waals surface area contributed by atoms with E-state index in [-0.39, 0.29) is 11.9 Å². The smallest absolute Gasteiger partial charge is 0.254 e. The lowest BCUT2D eigenvalue weighted by atomic mass is 10.1. The highest BCUT2D eigenvalue weighted by Crippen LogP contribution is 2.20. The first-order chi connectivity index (χ1) is 9.66. The summed E-state index contributed by atoms with van der Waals surface area (Å²) in [6, 6.07) is 10.2. The number of pyridine rings is 1. The summed E-state index contributed by atoms with van der Waals surface area (Å²) in [7, 11) is 0. The Hall–Kier alpha value is -1.94. The van der Waals surface area contributed by atoms with Crippen molar-refractivity contribution in [1.82, 2.24) is 15.2 Å². The van der Waals surface area contributed by atoms with Crippen LogP contribution in [-0.2, 0) is 0 Å². The van der Waals surface area contributed by atoms with Crippen LogP contribution in [0.1, 0.15) is 24.2 Å². The number of fused-ring (bicyclic) bond motifs is 1. The molecule has 1 fully saturated rings. The molecule has 2 aromatic rings. The second-order valence-corrected chi connectivity index (χ2v) is 5.49. The third-order valence-corrected chi connectivity index (χ3v) is 3.90. The Balaban J connectivity index is 2.00. The van der Waals surface area contributed by atoms with E-state index >= 15 is 0 Å². The lowest BCUT2D eigenvalue weighted by Gasteiger charge is -2.37. The molecule has 0 saturated carbocycles. The maximum Gasteiger partial charge on any atom is 0.254 e. The van der Waals surface area contributed by atoms with Gasteiger partial charge in [-0.2, -0.15) is 0 Å². The van der Waals surface area contributed by atoms with Gasteiger partial charge in [-0.3, -0.25) is 9.78 Å². The number of nitrogens with zero attached hydrogens (tertiary/aromatic N) is 2. The lowest BCUT2D eigenvalue weighted by Crippen LogP contribution is -2.56. The number of para-hydroxylation sites is 1. The molecule has 1 aliphatic rings. The summed E-state index contributed by atoms with van der Waals surface area (Å²) in [5.41, 5.74) is 1.62. The SMILES string of the molecule is CC1CN(C(=O)c2ccnc3ccccc23)C(C)CN1. The summed E-state index contributed by atoms with van der Waals surface area (Å²) in [5.74, 6) is 0.101. The molecule has 2 heterocycles. The van der Waals surface area contributed by atoms with E-state index in [0.717, 1.165) is 29.6 Å². The quantitative estimate of drug-likeness (QED) is 0.862. The highest BCUT2D eigenvalue weighted by Gasteiger charge is 2.28. The van der Waals surface area contributed by atoms with Crippen molar-refractivity contribution in [3.8, 4) is 0 Å². The number of hydrogen-bond donors (Lipinski definition) is 1. The van der Waals surface area contributed by atoms with E-state index in [1.165, 1.54) is 0 Å². The first-order valence-electron chi connectivity index (χ1n) is 7.05. The molecule has 1 saturated heterocycles. The van der Waals surface area contributed by atoms with Crippen LogP contribution in [0.3, 0.4) is 0 Å². The fraction of sp³-hybridized carbons (Fsp3) is 0.375. The van der Waals surface area contributed by atoms with Gasteiger partial charge in [0.05, 0.1) is 11.1 Å².